The number of carbonyl (C=O) groups is 4. The first-order chi connectivity index (χ1) is 17.2. The molecular weight excluding hydrogens is 504 g/mol. The van der Waals surface area contributed by atoms with Crippen LogP contribution in [0.15, 0.2) is 13.6 Å². The van der Waals surface area contributed by atoms with E-state index in [0.29, 0.717) is 31.4 Å². The second kappa shape index (κ2) is 15.9. The van der Waals surface area contributed by atoms with Gasteiger partial charge in [0.2, 0.25) is 6.79 Å². The van der Waals surface area contributed by atoms with Crippen LogP contribution in [0.1, 0.15) is 31.3 Å². The number of hydrogen-bond acceptors (Lipinski definition) is 14. The SMILES string of the molecule is CC(=O)OCOC(=O)N[C@@H](CSC(=O)OCc1oc(=O)oc1C)C(=O)OCCCCN1CCOCC1. The Morgan fingerprint density at radius 2 is 1.81 bits per heavy atom. The zero-order valence-electron chi connectivity index (χ0n) is 20.1. The lowest BCUT2D eigenvalue weighted by molar-refractivity contribution is -0.150. The predicted octanol–water partition coefficient (Wildman–Crippen LogP) is 1.18. The van der Waals surface area contributed by atoms with E-state index < -0.39 is 42.0 Å². The van der Waals surface area contributed by atoms with Crippen molar-refractivity contribution in [1.82, 2.24) is 10.2 Å². The third-order valence-electron chi connectivity index (χ3n) is 4.77. The van der Waals surface area contributed by atoms with Crippen LogP contribution in [0.5, 0.6) is 0 Å². The number of amides is 1. The van der Waals surface area contributed by atoms with E-state index >= 15 is 0 Å². The third-order valence-corrected chi connectivity index (χ3v) is 5.62. The van der Waals surface area contributed by atoms with Crippen molar-refractivity contribution in [1.29, 1.82) is 0 Å². The highest BCUT2D eigenvalue weighted by atomic mass is 32.2. The minimum atomic E-state index is -1.25. The summed E-state index contributed by atoms with van der Waals surface area (Å²) >= 11 is 0.591. The van der Waals surface area contributed by atoms with Crippen LogP contribution in [0.3, 0.4) is 0 Å². The molecule has 0 unspecified atom stereocenters. The molecule has 0 spiro atoms. The van der Waals surface area contributed by atoms with Crippen molar-refractivity contribution in [2.75, 3.05) is 52.0 Å². The van der Waals surface area contributed by atoms with Crippen molar-refractivity contribution < 1.29 is 51.7 Å². The summed E-state index contributed by atoms with van der Waals surface area (Å²) in [6.45, 7) is 5.72. The van der Waals surface area contributed by atoms with Crippen LogP contribution in [0.25, 0.3) is 0 Å². The number of aryl methyl sites for hydroxylation is 1. The van der Waals surface area contributed by atoms with Crippen molar-refractivity contribution in [3.05, 3.63) is 22.1 Å². The molecule has 14 nitrogen and oxygen atoms in total. The number of thioether (sulfide) groups is 1. The molecule has 1 aromatic heterocycles. The number of esters is 2. The number of morpholine rings is 1. The lowest BCUT2D eigenvalue weighted by atomic mass is 10.3. The molecule has 1 aliphatic heterocycles. The van der Waals surface area contributed by atoms with Gasteiger partial charge in [0.25, 0.3) is 0 Å². The van der Waals surface area contributed by atoms with E-state index in [9.17, 15) is 24.0 Å². The van der Waals surface area contributed by atoms with E-state index in [1.165, 1.54) is 6.92 Å². The van der Waals surface area contributed by atoms with Gasteiger partial charge in [0.15, 0.2) is 18.1 Å². The highest BCUT2D eigenvalue weighted by molar-refractivity contribution is 8.13. The average Bonchev–Trinajstić information content (AvgIpc) is 3.17. The molecule has 1 saturated heterocycles. The second-order valence-corrected chi connectivity index (χ2v) is 8.45. The molecule has 36 heavy (non-hydrogen) atoms. The van der Waals surface area contributed by atoms with Gasteiger partial charge in [-0.25, -0.2) is 19.2 Å². The van der Waals surface area contributed by atoms with E-state index in [0.717, 1.165) is 33.0 Å². The molecule has 202 valence electrons. The van der Waals surface area contributed by atoms with Crippen LogP contribution in [-0.2, 0) is 39.9 Å². The van der Waals surface area contributed by atoms with Gasteiger partial charge in [0.1, 0.15) is 6.04 Å². The van der Waals surface area contributed by atoms with Crippen molar-refractivity contribution in [2.45, 2.75) is 39.3 Å². The third kappa shape index (κ3) is 11.6. The lowest BCUT2D eigenvalue weighted by Gasteiger charge is -2.26. The topological polar surface area (TPSA) is 173 Å². The number of carbonyl (C=O) groups excluding carboxylic acids is 4. The van der Waals surface area contributed by atoms with Crippen LogP contribution in [0, 0.1) is 6.92 Å². The maximum Gasteiger partial charge on any atom is 0.519 e. The number of ether oxygens (including phenoxy) is 5. The van der Waals surface area contributed by atoms with E-state index in [-0.39, 0.29) is 30.5 Å². The maximum absolute atomic E-state index is 12.5. The fourth-order valence-electron chi connectivity index (χ4n) is 2.88. The van der Waals surface area contributed by atoms with Crippen molar-refractivity contribution in [3.8, 4) is 0 Å². The summed E-state index contributed by atoms with van der Waals surface area (Å²) in [7, 11) is 0. The molecule has 0 aromatic carbocycles. The Morgan fingerprint density at radius 1 is 1.06 bits per heavy atom. The number of nitrogens with zero attached hydrogens (tertiary/aromatic N) is 1. The van der Waals surface area contributed by atoms with Gasteiger partial charge in [-0.2, -0.15) is 0 Å². The Bertz CT molecular complexity index is 924. The molecule has 15 heteroatoms. The van der Waals surface area contributed by atoms with Crippen molar-refractivity contribution in [3.63, 3.8) is 0 Å². The molecule has 1 aliphatic rings. The Hall–Kier alpha value is -3.04. The second-order valence-electron chi connectivity index (χ2n) is 7.49. The summed E-state index contributed by atoms with van der Waals surface area (Å²) in [5.74, 6) is -2.36. The first-order valence-electron chi connectivity index (χ1n) is 11.2. The van der Waals surface area contributed by atoms with Gasteiger partial charge in [-0.3, -0.25) is 9.69 Å². The molecule has 1 fully saturated rings. The lowest BCUT2D eigenvalue weighted by Crippen LogP contribution is -2.44. The first kappa shape index (κ1) is 29.2. The van der Waals surface area contributed by atoms with Crippen molar-refractivity contribution in [2.24, 2.45) is 0 Å². The van der Waals surface area contributed by atoms with E-state index in [1.807, 2.05) is 0 Å². The number of alkyl carbamates (subject to hydrolysis) is 1. The molecule has 2 heterocycles. The minimum absolute atomic E-state index is 0.0502. The normalized spacial score (nSPS) is 14.5. The molecule has 2 rings (SSSR count). The van der Waals surface area contributed by atoms with Gasteiger partial charge in [0.05, 0.1) is 19.8 Å². The van der Waals surface area contributed by atoms with Crippen LogP contribution < -0.4 is 11.1 Å². The molecule has 1 N–H and O–H groups in total. The van der Waals surface area contributed by atoms with Crippen LogP contribution >= 0.6 is 11.8 Å². The molecule has 1 atom stereocenters. The molecule has 0 saturated carbocycles. The molecule has 0 bridgehead atoms. The standard InChI is InChI=1S/C21H30N2O12S/c1-14-17(35-20(27)34-14)11-31-21(28)36-12-16(22-19(26)33-13-32-15(2)24)18(25)30-8-4-3-5-23-6-9-29-10-7-23/h16H,3-13H2,1-2H3,(H,22,26)/t16-/m0/s1. The number of unbranched alkanes of at least 4 members (excludes halogenated alkanes) is 1. The largest absolute Gasteiger partial charge is 0.519 e. The minimum Gasteiger partial charge on any atom is -0.464 e. The Morgan fingerprint density at radius 3 is 2.47 bits per heavy atom. The summed E-state index contributed by atoms with van der Waals surface area (Å²) in [4.78, 5) is 60.7. The fraction of sp³-hybridized carbons (Fsp3) is 0.667. The Balaban J connectivity index is 1.78. The average molecular weight is 535 g/mol. The number of rotatable bonds is 13. The Labute approximate surface area is 210 Å². The van der Waals surface area contributed by atoms with Crippen molar-refractivity contribution >= 4 is 35.1 Å². The van der Waals surface area contributed by atoms with Crippen LogP contribution in [0.2, 0.25) is 0 Å². The highest BCUT2D eigenvalue weighted by Gasteiger charge is 2.25. The molecule has 0 aliphatic carbocycles. The van der Waals surface area contributed by atoms with E-state index in [4.69, 9.17) is 18.6 Å². The monoisotopic (exact) mass is 534 g/mol. The van der Waals surface area contributed by atoms with Gasteiger partial charge >= 0.3 is 29.2 Å². The van der Waals surface area contributed by atoms with E-state index in [2.05, 4.69) is 24.1 Å². The fourth-order valence-corrected chi connectivity index (χ4v) is 3.54. The summed E-state index contributed by atoms with van der Waals surface area (Å²) in [6.07, 6.45) is 0.368. The number of hydrogen-bond donors (Lipinski definition) is 1. The van der Waals surface area contributed by atoms with Gasteiger partial charge in [-0.05, 0) is 38.1 Å². The Kier molecular flexibility index (Phi) is 12.9. The molecule has 0 radical (unpaired) electrons. The zero-order chi connectivity index (χ0) is 26.3. The van der Waals surface area contributed by atoms with Crippen LogP contribution in [0.4, 0.5) is 9.59 Å². The smallest absolute Gasteiger partial charge is 0.464 e. The first-order valence-corrected chi connectivity index (χ1v) is 12.2. The van der Waals surface area contributed by atoms with Gasteiger partial charge < -0.3 is 37.8 Å². The molecule has 1 aromatic rings. The van der Waals surface area contributed by atoms with Gasteiger partial charge in [-0.15, -0.1) is 0 Å². The molecular formula is C21H30N2O12S. The summed E-state index contributed by atoms with van der Waals surface area (Å²) in [5, 5.41) is 1.48. The summed E-state index contributed by atoms with van der Waals surface area (Å²) in [5.41, 5.74) is 0. The predicted molar refractivity (Wildman–Crippen MR) is 122 cm³/mol. The zero-order valence-corrected chi connectivity index (χ0v) is 20.9. The van der Waals surface area contributed by atoms with Gasteiger partial charge in [0, 0.05) is 25.8 Å². The molecule has 1 amide bonds. The van der Waals surface area contributed by atoms with Crippen LogP contribution in [-0.4, -0.2) is 86.3 Å². The summed E-state index contributed by atoms with van der Waals surface area (Å²) < 4.78 is 34.1. The highest BCUT2D eigenvalue weighted by Crippen LogP contribution is 2.13. The maximum atomic E-state index is 12.5. The summed E-state index contributed by atoms with van der Waals surface area (Å²) in [6, 6.07) is -1.25. The van der Waals surface area contributed by atoms with E-state index in [1.54, 1.807) is 0 Å². The quantitative estimate of drug-likeness (QED) is 0.165. The number of nitrogens with one attached hydrogen (secondary N) is 1. The van der Waals surface area contributed by atoms with Gasteiger partial charge in [-0.1, -0.05) is 0 Å².